The number of rotatable bonds is 4. The van der Waals surface area contributed by atoms with Gasteiger partial charge in [-0.1, -0.05) is 11.6 Å². The van der Waals surface area contributed by atoms with E-state index < -0.39 is 0 Å². The van der Waals surface area contributed by atoms with Crippen LogP contribution in [0, 0.1) is 5.82 Å². The Morgan fingerprint density at radius 3 is 2.60 bits per heavy atom. The van der Waals surface area contributed by atoms with E-state index in [9.17, 15) is 4.39 Å². The minimum absolute atomic E-state index is 0. The second-order valence-corrected chi connectivity index (χ2v) is 3.61. The maximum absolute atomic E-state index is 12.9. The summed E-state index contributed by atoms with van der Waals surface area (Å²) in [5, 5.41) is 8.96. The first kappa shape index (κ1) is 14.6. The van der Waals surface area contributed by atoms with Gasteiger partial charge >= 0.3 is 0 Å². The zero-order valence-electron chi connectivity index (χ0n) is 8.12. The van der Waals surface area contributed by atoms with Crippen molar-refractivity contribution in [1.82, 2.24) is 0 Å². The molecule has 5 heteroatoms. The third-order valence-corrected chi connectivity index (χ3v) is 2.20. The molecule has 1 atom stereocenters. The van der Waals surface area contributed by atoms with Gasteiger partial charge in [-0.25, -0.2) is 4.39 Å². The molecule has 0 spiro atoms. The monoisotopic (exact) mass is 253 g/mol. The van der Waals surface area contributed by atoms with Gasteiger partial charge in [0.15, 0.2) is 0 Å². The molecule has 0 fully saturated rings. The van der Waals surface area contributed by atoms with Gasteiger partial charge in [-0.3, -0.25) is 0 Å². The van der Waals surface area contributed by atoms with Crippen LogP contribution in [0.5, 0.6) is 0 Å². The summed E-state index contributed by atoms with van der Waals surface area (Å²) in [4.78, 5) is 0. The van der Waals surface area contributed by atoms with E-state index >= 15 is 0 Å². The largest absolute Gasteiger partial charge is 0.396 e. The first-order chi connectivity index (χ1) is 6.63. The predicted octanol–water partition coefficient (Wildman–Crippen LogP) is 2.67. The maximum Gasteiger partial charge on any atom is 0.125 e. The summed E-state index contributed by atoms with van der Waals surface area (Å²) in [7, 11) is 0. The van der Waals surface area contributed by atoms with Gasteiger partial charge in [0.05, 0.1) is 0 Å². The molecule has 0 aliphatic rings. The van der Waals surface area contributed by atoms with E-state index in [0.29, 0.717) is 23.4 Å². The summed E-state index contributed by atoms with van der Waals surface area (Å²) in [6, 6.07) is 3.99. The molecule has 15 heavy (non-hydrogen) atoms. The van der Waals surface area contributed by atoms with E-state index in [4.69, 9.17) is 22.4 Å². The van der Waals surface area contributed by atoms with Crippen molar-refractivity contribution in [2.75, 3.05) is 6.61 Å². The first-order valence-corrected chi connectivity index (χ1v) is 4.83. The molecule has 3 N–H and O–H groups in total. The van der Waals surface area contributed by atoms with Gasteiger partial charge in [-0.15, -0.1) is 12.4 Å². The Kier molecular flexibility index (Phi) is 6.85. The maximum atomic E-state index is 12.9. The minimum Gasteiger partial charge on any atom is -0.396 e. The molecule has 1 rings (SSSR count). The van der Waals surface area contributed by atoms with Crippen molar-refractivity contribution in [1.29, 1.82) is 0 Å². The second kappa shape index (κ2) is 7.01. The number of benzene rings is 1. The summed E-state index contributed by atoms with van der Waals surface area (Å²) < 4.78 is 12.9. The van der Waals surface area contributed by atoms with E-state index in [1.165, 1.54) is 12.1 Å². The molecule has 0 saturated carbocycles. The van der Waals surface area contributed by atoms with Crippen molar-refractivity contribution in [3.8, 4) is 0 Å². The van der Waals surface area contributed by atoms with Gasteiger partial charge in [0, 0.05) is 17.7 Å². The van der Waals surface area contributed by atoms with Crippen LogP contribution in [0.3, 0.4) is 0 Å². The summed E-state index contributed by atoms with van der Waals surface area (Å²) in [6.45, 7) is 0.0940. The number of aliphatic hydroxyl groups excluding tert-OH is 1. The molecule has 1 aromatic carbocycles. The van der Waals surface area contributed by atoms with Crippen molar-refractivity contribution < 1.29 is 9.50 Å². The zero-order valence-corrected chi connectivity index (χ0v) is 9.69. The van der Waals surface area contributed by atoms with Crippen molar-refractivity contribution >= 4 is 24.0 Å². The number of nitrogens with two attached hydrogens (primary N) is 1. The number of halogens is 3. The van der Waals surface area contributed by atoms with E-state index in [0.717, 1.165) is 0 Å². The van der Waals surface area contributed by atoms with E-state index in [1.807, 2.05) is 0 Å². The molecule has 0 unspecified atom stereocenters. The first-order valence-electron chi connectivity index (χ1n) is 4.46. The summed E-state index contributed by atoms with van der Waals surface area (Å²) in [6.07, 6.45) is 1.23. The zero-order chi connectivity index (χ0) is 10.6. The highest BCUT2D eigenvalue weighted by Gasteiger charge is 2.07. The molecule has 0 amide bonds. The average molecular weight is 254 g/mol. The van der Waals surface area contributed by atoms with Gasteiger partial charge in [0.2, 0.25) is 0 Å². The van der Waals surface area contributed by atoms with E-state index in [1.54, 1.807) is 6.07 Å². The van der Waals surface area contributed by atoms with Crippen LogP contribution in [0.25, 0.3) is 0 Å². The fourth-order valence-electron chi connectivity index (χ4n) is 1.27. The van der Waals surface area contributed by atoms with Crippen molar-refractivity contribution in [2.24, 2.45) is 5.73 Å². The standard InChI is InChI=1S/C10H13ClFNO.ClH/c11-8-4-7(5-9(12)6-8)10(13)2-1-3-14;/h4-6,10,14H,1-3,13H2;1H/t10-;/m1./s1. The minimum atomic E-state index is -0.382. The highest BCUT2D eigenvalue weighted by atomic mass is 35.5. The summed E-state index contributed by atoms with van der Waals surface area (Å²) in [5.41, 5.74) is 6.45. The predicted molar refractivity (Wildman–Crippen MR) is 61.9 cm³/mol. The van der Waals surface area contributed by atoms with Crippen LogP contribution in [0.2, 0.25) is 5.02 Å². The van der Waals surface area contributed by atoms with Crippen LogP contribution in [0.15, 0.2) is 18.2 Å². The second-order valence-electron chi connectivity index (χ2n) is 3.18. The Bertz CT molecular complexity index is 289. The molecule has 0 heterocycles. The third kappa shape index (κ3) is 4.80. The molecular formula is C10H14Cl2FNO. The molecule has 2 nitrogen and oxygen atoms in total. The van der Waals surface area contributed by atoms with Crippen LogP contribution < -0.4 is 5.73 Å². The quantitative estimate of drug-likeness (QED) is 0.867. The average Bonchev–Trinajstić information content (AvgIpc) is 2.12. The van der Waals surface area contributed by atoms with Crippen molar-refractivity contribution in [3.05, 3.63) is 34.6 Å². The topological polar surface area (TPSA) is 46.2 Å². The van der Waals surface area contributed by atoms with Crippen molar-refractivity contribution in [3.63, 3.8) is 0 Å². The highest BCUT2D eigenvalue weighted by molar-refractivity contribution is 6.30. The van der Waals surface area contributed by atoms with Crippen LogP contribution >= 0.6 is 24.0 Å². The normalized spacial score (nSPS) is 12.0. The van der Waals surface area contributed by atoms with Crippen molar-refractivity contribution in [2.45, 2.75) is 18.9 Å². The lowest BCUT2D eigenvalue weighted by molar-refractivity contribution is 0.280. The van der Waals surface area contributed by atoms with Crippen LogP contribution in [0.4, 0.5) is 4.39 Å². The van der Waals surface area contributed by atoms with E-state index in [2.05, 4.69) is 0 Å². The smallest absolute Gasteiger partial charge is 0.125 e. The SMILES string of the molecule is Cl.N[C@H](CCCO)c1cc(F)cc(Cl)c1. The van der Waals surface area contributed by atoms with Gasteiger partial charge in [0.1, 0.15) is 5.82 Å². The van der Waals surface area contributed by atoms with E-state index in [-0.39, 0.29) is 30.9 Å². The van der Waals surface area contributed by atoms with Gasteiger partial charge in [-0.2, -0.15) is 0 Å². The number of hydrogen-bond donors (Lipinski definition) is 2. The van der Waals surface area contributed by atoms with Gasteiger partial charge in [0.25, 0.3) is 0 Å². The Labute approximate surface area is 99.6 Å². The lowest BCUT2D eigenvalue weighted by Crippen LogP contribution is -2.11. The van der Waals surface area contributed by atoms with Crippen LogP contribution in [0.1, 0.15) is 24.4 Å². The Hall–Kier alpha value is -0.350. The van der Waals surface area contributed by atoms with Crippen LogP contribution in [-0.4, -0.2) is 11.7 Å². The Morgan fingerprint density at radius 2 is 2.07 bits per heavy atom. The Balaban J connectivity index is 0.00000196. The summed E-state index contributed by atoms with van der Waals surface area (Å²) >= 11 is 5.68. The fraction of sp³-hybridized carbons (Fsp3) is 0.400. The highest BCUT2D eigenvalue weighted by Crippen LogP contribution is 2.21. The molecule has 0 radical (unpaired) electrons. The number of hydrogen-bond acceptors (Lipinski definition) is 2. The lowest BCUT2D eigenvalue weighted by Gasteiger charge is -2.11. The molecule has 0 saturated heterocycles. The molecule has 0 aliphatic carbocycles. The fourth-order valence-corrected chi connectivity index (χ4v) is 1.50. The lowest BCUT2D eigenvalue weighted by atomic mass is 10.0. The van der Waals surface area contributed by atoms with Gasteiger partial charge < -0.3 is 10.8 Å². The molecule has 0 aromatic heterocycles. The van der Waals surface area contributed by atoms with Gasteiger partial charge in [-0.05, 0) is 36.6 Å². The molecule has 86 valence electrons. The molecule has 1 aromatic rings. The molecular weight excluding hydrogens is 240 g/mol. The number of aliphatic hydroxyl groups is 1. The molecule has 0 aliphatic heterocycles. The molecule has 0 bridgehead atoms. The summed E-state index contributed by atoms with van der Waals surface area (Å²) in [5.74, 6) is -0.382. The van der Waals surface area contributed by atoms with Crippen LogP contribution in [-0.2, 0) is 0 Å². The Morgan fingerprint density at radius 1 is 1.40 bits per heavy atom. The third-order valence-electron chi connectivity index (χ3n) is 1.99.